The van der Waals surface area contributed by atoms with E-state index in [1.165, 1.54) is 48.9 Å². The Kier molecular flexibility index (Phi) is 24.4. The molecular weight excluding hydrogens is 1110 g/mol. The van der Waals surface area contributed by atoms with Crippen LogP contribution in [-0.2, 0) is 56.7 Å². The van der Waals surface area contributed by atoms with Crippen LogP contribution in [0.5, 0.6) is 0 Å². The van der Waals surface area contributed by atoms with Crippen molar-refractivity contribution in [3.63, 3.8) is 0 Å². The lowest BCUT2D eigenvalue weighted by Crippen LogP contribution is -2.36. The number of carbonyl (C=O) groups excluding carboxylic acids is 5. The fourth-order valence-corrected chi connectivity index (χ4v) is 8.48. The maximum atomic E-state index is 12.2. The number of nitrogens with zero attached hydrogens (tertiary/aromatic N) is 3. The van der Waals surface area contributed by atoms with Crippen molar-refractivity contribution in [3.05, 3.63) is 238 Å². The number of ether oxygens (including phenoxy) is 5. The zero-order valence-electron chi connectivity index (χ0n) is 47.5. The number of nitro groups is 3. The fraction of sp³-hybridized carbons (Fsp3) is 0.242. The van der Waals surface area contributed by atoms with E-state index >= 15 is 0 Å². The Balaban J connectivity index is 0.000000213. The molecule has 1 saturated carbocycles. The molecule has 0 spiro atoms. The quantitative estimate of drug-likeness (QED) is 0.0303. The molecule has 8 rings (SSSR count). The first kappa shape index (κ1) is 64.3. The van der Waals surface area contributed by atoms with Gasteiger partial charge in [0.05, 0.1) is 31.5 Å². The smallest absolute Gasteiger partial charge is 0.411 e. The molecule has 86 heavy (non-hydrogen) atoms. The summed E-state index contributed by atoms with van der Waals surface area (Å²) in [6.45, 7) is 7.05. The maximum Gasteiger partial charge on any atom is 0.411 e. The van der Waals surface area contributed by atoms with Crippen LogP contribution in [0.15, 0.2) is 158 Å². The summed E-state index contributed by atoms with van der Waals surface area (Å²) in [5, 5.41) is 46.2. The lowest BCUT2D eigenvalue weighted by molar-refractivity contribution is -0.386. The molecule has 0 radical (unpaired) electrons. The Labute approximate surface area is 494 Å². The van der Waals surface area contributed by atoms with E-state index in [9.17, 15) is 54.3 Å². The van der Waals surface area contributed by atoms with Crippen molar-refractivity contribution in [1.82, 2.24) is 5.32 Å². The topological polar surface area (TPSA) is 321 Å². The number of para-hydroxylation sites is 3. The van der Waals surface area contributed by atoms with Gasteiger partial charge in [0.1, 0.15) is 33.0 Å². The van der Waals surface area contributed by atoms with Gasteiger partial charge >= 0.3 is 30.5 Å². The van der Waals surface area contributed by atoms with E-state index in [2.05, 4.69) is 26.6 Å². The first-order valence-electron chi connectivity index (χ1n) is 27.0. The van der Waals surface area contributed by atoms with Gasteiger partial charge in [-0.2, -0.15) is 0 Å². The average Bonchev–Trinajstić information content (AvgIpc) is 3.61. The Hall–Kier alpha value is -10.9. The SMILES string of the molecule is Cc1ccccc1COC(=O)Nc1cc(NC(=O)OCc2ccccc2[N+](=O)[O-])ccc1C.Cc1ccccc1COC(=O)Nc1cccc(NC(=O)OCc2ccccc2[N+](=O)[O-])c1C.O=C(NC1CCCCC1)OCc1ccccc1[N+](=O)[O-]. The average molecular weight is 1180 g/mol. The zero-order valence-corrected chi connectivity index (χ0v) is 47.5. The van der Waals surface area contributed by atoms with Gasteiger partial charge < -0.3 is 29.0 Å². The van der Waals surface area contributed by atoms with E-state index in [0.717, 1.165) is 53.5 Å². The summed E-state index contributed by atoms with van der Waals surface area (Å²) in [6.07, 6.45) is 2.07. The summed E-state index contributed by atoms with van der Waals surface area (Å²) >= 11 is 0. The highest BCUT2D eigenvalue weighted by molar-refractivity contribution is 5.91. The summed E-state index contributed by atoms with van der Waals surface area (Å²) in [5.74, 6) is 0. The molecule has 0 aromatic heterocycles. The summed E-state index contributed by atoms with van der Waals surface area (Å²) < 4.78 is 25.9. The minimum atomic E-state index is -0.787. The van der Waals surface area contributed by atoms with E-state index < -0.39 is 45.2 Å². The number of anilines is 4. The molecule has 24 heteroatoms. The number of rotatable bonds is 18. The molecule has 0 aliphatic heterocycles. The molecule has 0 atom stereocenters. The number of carbonyl (C=O) groups is 5. The van der Waals surface area contributed by atoms with Gasteiger partial charge in [-0.15, -0.1) is 0 Å². The van der Waals surface area contributed by atoms with E-state index in [-0.39, 0.29) is 67.3 Å². The van der Waals surface area contributed by atoms with Crippen LogP contribution in [0, 0.1) is 58.0 Å². The Bertz CT molecular complexity index is 3470. The van der Waals surface area contributed by atoms with Crippen molar-refractivity contribution < 1.29 is 62.4 Å². The van der Waals surface area contributed by atoms with E-state index in [0.29, 0.717) is 33.9 Å². The molecular formula is C62H64N8O16. The lowest BCUT2D eigenvalue weighted by atomic mass is 9.96. The van der Waals surface area contributed by atoms with E-state index in [1.54, 1.807) is 80.6 Å². The van der Waals surface area contributed by atoms with Crippen molar-refractivity contribution in [1.29, 1.82) is 0 Å². The number of alkyl carbamates (subject to hydrolysis) is 1. The van der Waals surface area contributed by atoms with Gasteiger partial charge in [0.25, 0.3) is 17.1 Å². The number of nitrogens with one attached hydrogen (secondary N) is 5. The first-order valence-corrected chi connectivity index (χ1v) is 27.0. The number of nitro benzene ring substituents is 3. The molecule has 7 aromatic rings. The third-order valence-electron chi connectivity index (χ3n) is 13.3. The van der Waals surface area contributed by atoms with Crippen molar-refractivity contribution in [2.24, 2.45) is 0 Å². The van der Waals surface area contributed by atoms with Crippen molar-refractivity contribution in [3.8, 4) is 0 Å². The number of amides is 5. The molecule has 1 fully saturated rings. The van der Waals surface area contributed by atoms with Crippen LogP contribution in [-0.4, -0.2) is 51.3 Å². The molecule has 7 aromatic carbocycles. The normalized spacial score (nSPS) is 11.5. The molecule has 24 nitrogen and oxygen atoms in total. The maximum absolute atomic E-state index is 12.2. The van der Waals surface area contributed by atoms with Crippen LogP contribution in [0.4, 0.5) is 63.8 Å². The highest BCUT2D eigenvalue weighted by atomic mass is 16.6. The summed E-state index contributed by atoms with van der Waals surface area (Å²) in [5.41, 5.74) is 7.59. The molecule has 1 aliphatic carbocycles. The first-order chi connectivity index (χ1) is 41.3. The molecule has 1 aliphatic rings. The molecule has 0 bridgehead atoms. The number of aryl methyl sites for hydroxylation is 3. The van der Waals surface area contributed by atoms with Gasteiger partial charge in [0.2, 0.25) is 0 Å². The second-order valence-corrected chi connectivity index (χ2v) is 19.4. The second kappa shape index (κ2) is 32.7. The van der Waals surface area contributed by atoms with Crippen molar-refractivity contribution in [2.45, 2.75) is 98.9 Å². The highest BCUT2D eigenvalue weighted by Gasteiger charge is 2.20. The zero-order chi connectivity index (χ0) is 62.0. The highest BCUT2D eigenvalue weighted by Crippen LogP contribution is 2.27. The van der Waals surface area contributed by atoms with Gasteiger partial charge in [0, 0.05) is 47.0 Å². The third kappa shape index (κ3) is 20.5. The number of hydrogen-bond donors (Lipinski definition) is 5. The molecule has 5 N–H and O–H groups in total. The van der Waals surface area contributed by atoms with Gasteiger partial charge in [-0.25, -0.2) is 24.0 Å². The number of hydrogen-bond acceptors (Lipinski definition) is 16. The van der Waals surface area contributed by atoms with Crippen LogP contribution >= 0.6 is 0 Å². The van der Waals surface area contributed by atoms with E-state index in [4.69, 9.17) is 23.7 Å². The second-order valence-electron chi connectivity index (χ2n) is 19.4. The van der Waals surface area contributed by atoms with Crippen LogP contribution in [0.1, 0.15) is 82.2 Å². The predicted molar refractivity (Wildman–Crippen MR) is 319 cm³/mol. The third-order valence-corrected chi connectivity index (χ3v) is 13.3. The van der Waals surface area contributed by atoms with Crippen LogP contribution in [0.3, 0.4) is 0 Å². The summed E-state index contributed by atoms with van der Waals surface area (Å²) in [6, 6.07) is 43.6. The molecule has 448 valence electrons. The molecule has 0 heterocycles. The molecule has 5 amide bonds. The minimum absolute atomic E-state index is 0.0297. The Morgan fingerprint density at radius 1 is 0.395 bits per heavy atom. The standard InChI is InChI=1S/2C24H23N3O6.C14H18N2O4/c1-16-8-3-4-9-18(16)14-32-23(28)25-20-11-7-12-21(17(20)2)26-24(29)33-15-19-10-5-6-13-22(19)27(30)31;1-16-7-3-4-8-18(16)14-32-24(29)26-21-13-20(12-11-17(21)2)25-23(28)33-15-19-9-5-6-10-22(19)27(30)31;17-14(15-12-7-2-1-3-8-12)20-10-11-6-4-5-9-13(11)16(18)19/h2*3-13H,14-15H2,1-2H3,(H,25,28)(H,26,29);4-6,9,12H,1-3,7-8,10H2,(H,15,17). The van der Waals surface area contributed by atoms with Crippen LogP contribution in [0.2, 0.25) is 0 Å². The van der Waals surface area contributed by atoms with E-state index in [1.807, 2.05) is 62.4 Å². The summed E-state index contributed by atoms with van der Waals surface area (Å²) in [7, 11) is 0. The molecule has 0 unspecified atom stereocenters. The van der Waals surface area contributed by atoms with Gasteiger partial charge in [-0.3, -0.25) is 51.6 Å². The monoisotopic (exact) mass is 1180 g/mol. The van der Waals surface area contributed by atoms with Crippen molar-refractivity contribution >= 4 is 70.3 Å². The largest absolute Gasteiger partial charge is 0.444 e. The van der Waals surface area contributed by atoms with Gasteiger partial charge in [-0.1, -0.05) is 116 Å². The Morgan fingerprint density at radius 3 is 1.15 bits per heavy atom. The fourth-order valence-electron chi connectivity index (χ4n) is 8.48. The lowest BCUT2D eigenvalue weighted by Gasteiger charge is -2.22. The minimum Gasteiger partial charge on any atom is -0.444 e. The van der Waals surface area contributed by atoms with Crippen LogP contribution < -0.4 is 26.6 Å². The van der Waals surface area contributed by atoms with Crippen LogP contribution in [0.25, 0.3) is 0 Å². The molecule has 0 saturated heterocycles. The summed E-state index contributed by atoms with van der Waals surface area (Å²) in [4.78, 5) is 91.9. The van der Waals surface area contributed by atoms with Gasteiger partial charge in [-0.05, 0) is 116 Å². The number of benzene rings is 7. The van der Waals surface area contributed by atoms with Crippen molar-refractivity contribution in [2.75, 3.05) is 21.3 Å². The predicted octanol–water partition coefficient (Wildman–Crippen LogP) is 14.6. The Morgan fingerprint density at radius 2 is 0.744 bits per heavy atom. The van der Waals surface area contributed by atoms with Gasteiger partial charge in [0.15, 0.2) is 0 Å².